The molecule has 1 aromatic heterocycles. The van der Waals surface area contributed by atoms with Crippen LogP contribution >= 0.6 is 15.9 Å². The van der Waals surface area contributed by atoms with Crippen molar-refractivity contribution in [2.75, 3.05) is 0 Å². The molecule has 0 radical (unpaired) electrons. The van der Waals surface area contributed by atoms with Crippen LogP contribution in [0, 0.1) is 5.92 Å². The van der Waals surface area contributed by atoms with Gasteiger partial charge in [0, 0.05) is 15.4 Å². The fourth-order valence-corrected chi connectivity index (χ4v) is 2.62. The summed E-state index contributed by atoms with van der Waals surface area (Å²) >= 11 is 3.39. The zero-order valence-corrected chi connectivity index (χ0v) is 14.3. The third-order valence-corrected chi connectivity index (χ3v) is 4.51. The number of fused-ring (bicyclic) bond motifs is 1. The van der Waals surface area contributed by atoms with Crippen LogP contribution in [0.15, 0.2) is 28.7 Å². The molecule has 1 heterocycles. The van der Waals surface area contributed by atoms with E-state index in [1.54, 1.807) is 13.0 Å². The van der Waals surface area contributed by atoms with Crippen LogP contribution in [0.1, 0.15) is 37.7 Å². The second kappa shape index (κ2) is 6.12. The lowest BCUT2D eigenvalue weighted by Crippen LogP contribution is -2.51. The van der Waals surface area contributed by atoms with Crippen molar-refractivity contribution in [1.29, 1.82) is 0 Å². The lowest BCUT2D eigenvalue weighted by molar-refractivity contribution is -0.138. The summed E-state index contributed by atoms with van der Waals surface area (Å²) < 4.78 is 0.923. The zero-order valence-electron chi connectivity index (χ0n) is 12.7. The average molecular weight is 367 g/mol. The highest BCUT2D eigenvalue weighted by Gasteiger charge is 2.33. The summed E-state index contributed by atoms with van der Waals surface area (Å²) in [6.45, 7) is 5.54. The molecular formula is C16H19BrN2O3. The van der Waals surface area contributed by atoms with Crippen LogP contribution in [-0.4, -0.2) is 27.5 Å². The van der Waals surface area contributed by atoms with Crippen LogP contribution < -0.4 is 5.32 Å². The van der Waals surface area contributed by atoms with Gasteiger partial charge in [0.15, 0.2) is 0 Å². The van der Waals surface area contributed by atoms with Gasteiger partial charge in [-0.1, -0.05) is 35.8 Å². The van der Waals surface area contributed by atoms with E-state index < -0.39 is 11.5 Å². The third kappa shape index (κ3) is 3.50. The molecule has 3 N–H and O–H groups in total. The van der Waals surface area contributed by atoms with Gasteiger partial charge in [0.1, 0.15) is 5.69 Å². The van der Waals surface area contributed by atoms with Crippen LogP contribution in [0.3, 0.4) is 0 Å². The van der Waals surface area contributed by atoms with E-state index >= 15 is 0 Å². The van der Waals surface area contributed by atoms with Crippen molar-refractivity contribution in [3.63, 3.8) is 0 Å². The first kappa shape index (κ1) is 16.5. The number of halogens is 1. The SMILES string of the molecule is CC(C)C(C)(CC(=O)O)NC(=O)c1cc2ccc(Br)cc2[nH]1. The van der Waals surface area contributed by atoms with E-state index in [9.17, 15) is 9.59 Å². The number of aliphatic carboxylic acids is 1. The summed E-state index contributed by atoms with van der Waals surface area (Å²) in [7, 11) is 0. The maximum atomic E-state index is 12.5. The number of hydrogen-bond acceptors (Lipinski definition) is 2. The molecule has 1 unspecified atom stereocenters. The number of hydrogen-bond donors (Lipinski definition) is 3. The minimum absolute atomic E-state index is 0.00827. The first-order chi connectivity index (χ1) is 10.2. The number of carboxylic acids is 1. The first-order valence-electron chi connectivity index (χ1n) is 7.04. The number of aromatic amines is 1. The van der Waals surface area contributed by atoms with Crippen molar-refractivity contribution in [3.8, 4) is 0 Å². The summed E-state index contributed by atoms with van der Waals surface area (Å²) in [6.07, 6.45) is -0.123. The molecule has 2 aromatic rings. The molecule has 0 spiro atoms. The Hall–Kier alpha value is -1.82. The number of carbonyl (C=O) groups is 2. The summed E-state index contributed by atoms with van der Waals surface area (Å²) in [5.74, 6) is -1.24. The lowest BCUT2D eigenvalue weighted by atomic mass is 9.85. The first-order valence-corrected chi connectivity index (χ1v) is 7.83. The molecule has 0 aliphatic carbocycles. The standard InChI is InChI=1S/C16H19BrN2O3/c1-9(2)16(3,8-14(20)21)19-15(22)13-6-10-4-5-11(17)7-12(10)18-13/h4-7,9,18H,8H2,1-3H3,(H,19,22)(H,20,21). The smallest absolute Gasteiger partial charge is 0.305 e. The summed E-state index contributed by atoms with van der Waals surface area (Å²) in [5, 5.41) is 12.8. The van der Waals surface area contributed by atoms with Crippen molar-refractivity contribution in [2.24, 2.45) is 5.92 Å². The number of carboxylic acid groups (broad SMARTS) is 1. The van der Waals surface area contributed by atoms with Crippen LogP contribution in [0.4, 0.5) is 0 Å². The van der Waals surface area contributed by atoms with Crippen molar-refractivity contribution < 1.29 is 14.7 Å². The van der Waals surface area contributed by atoms with Gasteiger partial charge in [-0.25, -0.2) is 0 Å². The fraction of sp³-hybridized carbons (Fsp3) is 0.375. The van der Waals surface area contributed by atoms with Gasteiger partial charge in [-0.15, -0.1) is 0 Å². The second-order valence-electron chi connectivity index (χ2n) is 6.01. The predicted molar refractivity (Wildman–Crippen MR) is 89.0 cm³/mol. The maximum Gasteiger partial charge on any atom is 0.305 e. The number of benzene rings is 1. The van der Waals surface area contributed by atoms with Crippen LogP contribution in [0.5, 0.6) is 0 Å². The molecule has 1 aromatic carbocycles. The number of nitrogens with one attached hydrogen (secondary N) is 2. The lowest BCUT2D eigenvalue weighted by Gasteiger charge is -2.33. The minimum Gasteiger partial charge on any atom is -0.481 e. The molecule has 118 valence electrons. The molecule has 1 amide bonds. The van der Waals surface area contributed by atoms with E-state index in [1.807, 2.05) is 32.0 Å². The van der Waals surface area contributed by atoms with E-state index in [0.29, 0.717) is 5.69 Å². The van der Waals surface area contributed by atoms with E-state index in [0.717, 1.165) is 15.4 Å². The maximum absolute atomic E-state index is 12.5. The van der Waals surface area contributed by atoms with Gasteiger partial charge in [0.05, 0.1) is 12.0 Å². The minimum atomic E-state index is -0.933. The largest absolute Gasteiger partial charge is 0.481 e. The zero-order chi connectivity index (χ0) is 16.5. The van der Waals surface area contributed by atoms with Crippen LogP contribution in [-0.2, 0) is 4.79 Å². The Morgan fingerprint density at radius 3 is 2.64 bits per heavy atom. The Bertz CT molecular complexity index is 723. The van der Waals surface area contributed by atoms with Crippen LogP contribution in [0.2, 0.25) is 0 Å². The van der Waals surface area contributed by atoms with Crippen molar-refractivity contribution in [2.45, 2.75) is 32.7 Å². The van der Waals surface area contributed by atoms with E-state index in [4.69, 9.17) is 5.11 Å². The van der Waals surface area contributed by atoms with Crippen molar-refractivity contribution in [1.82, 2.24) is 10.3 Å². The molecule has 0 fully saturated rings. The highest BCUT2D eigenvalue weighted by Crippen LogP contribution is 2.23. The van der Waals surface area contributed by atoms with Crippen molar-refractivity contribution >= 4 is 38.7 Å². The highest BCUT2D eigenvalue weighted by molar-refractivity contribution is 9.10. The summed E-state index contributed by atoms with van der Waals surface area (Å²) in [5.41, 5.74) is 0.468. The molecule has 1 atom stereocenters. The second-order valence-corrected chi connectivity index (χ2v) is 6.93. The average Bonchev–Trinajstić information content (AvgIpc) is 2.80. The number of H-pyrrole nitrogens is 1. The third-order valence-electron chi connectivity index (χ3n) is 4.02. The number of carbonyl (C=O) groups excluding carboxylic acids is 1. The van der Waals surface area contributed by atoms with Gasteiger partial charge in [0.2, 0.25) is 0 Å². The topological polar surface area (TPSA) is 82.2 Å². The molecule has 2 rings (SSSR count). The Labute approximate surface area is 137 Å². The number of aromatic nitrogens is 1. The number of rotatable bonds is 5. The Balaban J connectivity index is 2.27. The Kier molecular flexibility index (Phi) is 4.60. The van der Waals surface area contributed by atoms with Gasteiger partial charge >= 0.3 is 5.97 Å². The molecule has 0 aliphatic heterocycles. The normalized spacial score (nSPS) is 14.0. The van der Waals surface area contributed by atoms with Gasteiger partial charge in [-0.2, -0.15) is 0 Å². The van der Waals surface area contributed by atoms with E-state index in [2.05, 4.69) is 26.2 Å². The summed E-state index contributed by atoms with van der Waals surface area (Å²) in [6, 6.07) is 7.47. The van der Waals surface area contributed by atoms with E-state index in [-0.39, 0.29) is 18.2 Å². The summed E-state index contributed by atoms with van der Waals surface area (Å²) in [4.78, 5) is 26.6. The monoisotopic (exact) mass is 366 g/mol. The molecule has 22 heavy (non-hydrogen) atoms. The van der Waals surface area contributed by atoms with Crippen LogP contribution in [0.25, 0.3) is 10.9 Å². The van der Waals surface area contributed by atoms with Gasteiger partial charge in [-0.3, -0.25) is 9.59 Å². The predicted octanol–water partition coefficient (Wildman–Crippen LogP) is 3.55. The highest BCUT2D eigenvalue weighted by atomic mass is 79.9. The van der Waals surface area contributed by atoms with Gasteiger partial charge in [0.25, 0.3) is 5.91 Å². The molecule has 0 bridgehead atoms. The number of amides is 1. The molecule has 0 saturated heterocycles. The van der Waals surface area contributed by atoms with Gasteiger partial charge < -0.3 is 15.4 Å². The molecule has 5 nitrogen and oxygen atoms in total. The Morgan fingerprint density at radius 2 is 2.05 bits per heavy atom. The molecule has 0 saturated carbocycles. The molecule has 6 heteroatoms. The van der Waals surface area contributed by atoms with Crippen molar-refractivity contribution in [3.05, 3.63) is 34.4 Å². The molecular weight excluding hydrogens is 348 g/mol. The molecule has 0 aliphatic rings. The quantitative estimate of drug-likeness (QED) is 0.756. The van der Waals surface area contributed by atoms with E-state index in [1.165, 1.54) is 0 Å². The fourth-order valence-electron chi connectivity index (χ4n) is 2.26. The van der Waals surface area contributed by atoms with Gasteiger partial charge in [-0.05, 0) is 31.0 Å². The Morgan fingerprint density at radius 1 is 1.36 bits per heavy atom.